The fraction of sp³-hybridized carbons (Fsp3) is 0.182. The van der Waals surface area contributed by atoms with E-state index in [-0.39, 0.29) is 24.6 Å². The Morgan fingerprint density at radius 1 is 0.533 bits per heavy atom. The molecule has 3 nitrogen and oxygen atoms in total. The molecular formula is C22H18F5NO2. The third-order valence-corrected chi connectivity index (χ3v) is 4.60. The van der Waals surface area contributed by atoms with Gasteiger partial charge in [-0.15, -0.1) is 0 Å². The van der Waals surface area contributed by atoms with Gasteiger partial charge in [0.05, 0.1) is 0 Å². The van der Waals surface area contributed by atoms with Gasteiger partial charge in [0.15, 0.2) is 23.3 Å². The lowest BCUT2D eigenvalue weighted by Gasteiger charge is -2.27. The molecule has 0 fully saturated rings. The molecule has 3 aromatic rings. The van der Waals surface area contributed by atoms with Gasteiger partial charge in [-0.25, -0.2) is 22.0 Å². The van der Waals surface area contributed by atoms with Gasteiger partial charge in [0.1, 0.15) is 5.69 Å². The maximum absolute atomic E-state index is 14.6. The molecule has 0 unspecified atom stereocenters. The maximum Gasteiger partial charge on any atom is 0.200 e. The van der Waals surface area contributed by atoms with Crippen molar-refractivity contribution < 1.29 is 32.2 Å². The van der Waals surface area contributed by atoms with Crippen LogP contribution in [-0.2, 0) is 12.8 Å². The number of rotatable bonds is 7. The molecule has 0 radical (unpaired) electrons. The van der Waals surface area contributed by atoms with Crippen molar-refractivity contribution in [3.63, 3.8) is 0 Å². The molecule has 0 aromatic heterocycles. The number of hydrogen-bond donors (Lipinski definition) is 2. The molecule has 0 heterocycles. The monoisotopic (exact) mass is 423 g/mol. The fourth-order valence-corrected chi connectivity index (χ4v) is 3.08. The number of anilines is 3. The molecule has 2 N–H and O–H groups in total. The van der Waals surface area contributed by atoms with Gasteiger partial charge >= 0.3 is 0 Å². The highest BCUT2D eigenvalue weighted by Gasteiger charge is 2.30. The van der Waals surface area contributed by atoms with E-state index in [1.165, 1.54) is 24.3 Å². The average Bonchev–Trinajstić information content (AvgIpc) is 2.76. The first-order chi connectivity index (χ1) is 14.4. The summed E-state index contributed by atoms with van der Waals surface area (Å²) in [4.78, 5) is 0.932. The Morgan fingerprint density at radius 3 is 1.20 bits per heavy atom. The van der Waals surface area contributed by atoms with Gasteiger partial charge in [0, 0.05) is 24.6 Å². The SMILES string of the molecule is OCCc1ccc(N(c2ccc(CCO)cc2)c2c(F)c(F)c(F)c(F)c2F)cc1. The lowest BCUT2D eigenvalue weighted by Crippen LogP contribution is -2.17. The molecule has 0 aliphatic heterocycles. The van der Waals surface area contributed by atoms with E-state index in [4.69, 9.17) is 10.2 Å². The molecule has 0 bridgehead atoms. The van der Waals surface area contributed by atoms with Crippen LogP contribution in [0.1, 0.15) is 11.1 Å². The minimum Gasteiger partial charge on any atom is -0.396 e. The Kier molecular flexibility index (Phi) is 6.69. The first-order valence-electron chi connectivity index (χ1n) is 9.10. The molecule has 30 heavy (non-hydrogen) atoms. The quantitative estimate of drug-likeness (QED) is 0.322. The highest BCUT2D eigenvalue weighted by atomic mass is 19.2. The van der Waals surface area contributed by atoms with Crippen LogP contribution in [0.5, 0.6) is 0 Å². The van der Waals surface area contributed by atoms with Crippen LogP contribution in [0.25, 0.3) is 0 Å². The molecule has 8 heteroatoms. The molecule has 0 aliphatic carbocycles. The molecule has 158 valence electrons. The standard InChI is InChI=1S/C22H18F5NO2/c23-17-18(24)20(26)22(21(27)19(17)25)28(15-5-1-13(2-6-15)9-11-29)16-7-3-14(4-8-16)10-12-30/h1-8,29-30H,9-12H2. The smallest absolute Gasteiger partial charge is 0.200 e. The fourth-order valence-electron chi connectivity index (χ4n) is 3.08. The topological polar surface area (TPSA) is 43.7 Å². The van der Waals surface area contributed by atoms with Gasteiger partial charge in [-0.1, -0.05) is 24.3 Å². The number of aliphatic hydroxyl groups excluding tert-OH is 2. The highest BCUT2D eigenvalue weighted by Crippen LogP contribution is 2.40. The van der Waals surface area contributed by atoms with Gasteiger partial charge in [0.2, 0.25) is 5.82 Å². The largest absolute Gasteiger partial charge is 0.396 e. The van der Waals surface area contributed by atoms with E-state index in [2.05, 4.69) is 0 Å². The summed E-state index contributed by atoms with van der Waals surface area (Å²) in [5, 5.41) is 18.1. The highest BCUT2D eigenvalue weighted by molar-refractivity contribution is 5.77. The summed E-state index contributed by atoms with van der Waals surface area (Å²) in [7, 11) is 0. The van der Waals surface area contributed by atoms with E-state index in [1.807, 2.05) is 0 Å². The second-order valence-electron chi connectivity index (χ2n) is 6.53. The summed E-state index contributed by atoms with van der Waals surface area (Å²) >= 11 is 0. The zero-order chi connectivity index (χ0) is 21.8. The van der Waals surface area contributed by atoms with Crippen molar-refractivity contribution in [1.82, 2.24) is 0 Å². The lowest BCUT2D eigenvalue weighted by atomic mass is 10.1. The number of aliphatic hydroxyl groups is 2. The summed E-state index contributed by atoms with van der Waals surface area (Å²) in [6.45, 7) is -0.208. The van der Waals surface area contributed by atoms with Crippen molar-refractivity contribution in [2.45, 2.75) is 12.8 Å². The zero-order valence-corrected chi connectivity index (χ0v) is 15.7. The molecular weight excluding hydrogens is 405 g/mol. The van der Waals surface area contributed by atoms with Crippen molar-refractivity contribution >= 4 is 17.1 Å². The van der Waals surface area contributed by atoms with Crippen molar-refractivity contribution in [2.24, 2.45) is 0 Å². The van der Waals surface area contributed by atoms with Crippen LogP contribution in [-0.4, -0.2) is 23.4 Å². The first kappa shape index (κ1) is 21.7. The normalized spacial score (nSPS) is 11.0. The summed E-state index contributed by atoms with van der Waals surface area (Å²) in [6.07, 6.45) is 0.692. The van der Waals surface area contributed by atoms with Crippen molar-refractivity contribution in [2.75, 3.05) is 18.1 Å². The number of nitrogens with zero attached hydrogens (tertiary/aromatic N) is 1. The Hall–Kier alpha value is -2.97. The molecule has 3 aromatic carbocycles. The van der Waals surface area contributed by atoms with E-state index in [9.17, 15) is 22.0 Å². The van der Waals surface area contributed by atoms with Gasteiger partial charge in [-0.3, -0.25) is 0 Å². The third-order valence-electron chi connectivity index (χ3n) is 4.60. The van der Waals surface area contributed by atoms with Gasteiger partial charge < -0.3 is 15.1 Å². The predicted octanol–water partition coefficient (Wildman–Crippen LogP) is 4.92. The van der Waals surface area contributed by atoms with E-state index in [0.29, 0.717) is 12.8 Å². The van der Waals surface area contributed by atoms with Crippen LogP contribution in [0.2, 0.25) is 0 Å². The molecule has 3 rings (SSSR count). The van der Waals surface area contributed by atoms with E-state index in [1.54, 1.807) is 24.3 Å². The van der Waals surface area contributed by atoms with E-state index in [0.717, 1.165) is 16.0 Å². The molecule has 0 saturated carbocycles. The summed E-state index contributed by atoms with van der Waals surface area (Å²) in [5.74, 6) is -10.2. The molecule has 0 amide bonds. The van der Waals surface area contributed by atoms with Crippen LogP contribution in [0, 0.1) is 29.1 Å². The van der Waals surface area contributed by atoms with Crippen LogP contribution in [0.4, 0.5) is 39.0 Å². The maximum atomic E-state index is 14.6. The number of halogens is 5. The molecule has 0 spiro atoms. The van der Waals surface area contributed by atoms with E-state index >= 15 is 0 Å². The molecule has 0 aliphatic rings. The van der Waals surface area contributed by atoms with Gasteiger partial charge in [-0.05, 0) is 48.2 Å². The van der Waals surface area contributed by atoms with Crippen molar-refractivity contribution in [3.05, 3.63) is 88.7 Å². The Bertz CT molecular complexity index is 945. The molecule has 0 atom stereocenters. The van der Waals surface area contributed by atoms with Crippen molar-refractivity contribution in [3.8, 4) is 0 Å². The second-order valence-corrected chi connectivity index (χ2v) is 6.53. The lowest BCUT2D eigenvalue weighted by molar-refractivity contribution is 0.299. The van der Waals surface area contributed by atoms with E-state index < -0.39 is 34.8 Å². The van der Waals surface area contributed by atoms with Gasteiger partial charge in [0.25, 0.3) is 0 Å². The Labute approximate surface area is 169 Å². The minimum absolute atomic E-state index is 0.104. The predicted molar refractivity (Wildman–Crippen MR) is 102 cm³/mol. The Balaban J connectivity index is 2.20. The van der Waals surface area contributed by atoms with Crippen LogP contribution in [0.15, 0.2) is 48.5 Å². The third kappa shape index (κ3) is 4.15. The number of hydrogen-bond acceptors (Lipinski definition) is 3. The van der Waals surface area contributed by atoms with Crippen LogP contribution >= 0.6 is 0 Å². The Morgan fingerprint density at radius 2 is 0.867 bits per heavy atom. The summed E-state index contributed by atoms with van der Waals surface area (Å²) < 4.78 is 70.5. The zero-order valence-electron chi connectivity index (χ0n) is 15.7. The average molecular weight is 423 g/mol. The van der Waals surface area contributed by atoms with Crippen LogP contribution < -0.4 is 4.90 Å². The van der Waals surface area contributed by atoms with Crippen molar-refractivity contribution in [1.29, 1.82) is 0 Å². The summed E-state index contributed by atoms with van der Waals surface area (Å²) in [5.41, 5.74) is 0.689. The minimum atomic E-state index is -2.23. The second kappa shape index (κ2) is 9.23. The molecule has 0 saturated heterocycles. The van der Waals surface area contributed by atoms with Gasteiger partial charge in [-0.2, -0.15) is 0 Å². The van der Waals surface area contributed by atoms with Crippen LogP contribution in [0.3, 0.4) is 0 Å². The first-order valence-corrected chi connectivity index (χ1v) is 9.10. The number of benzene rings is 3. The summed E-state index contributed by atoms with van der Waals surface area (Å²) in [6, 6.07) is 12.2.